The predicted octanol–water partition coefficient (Wildman–Crippen LogP) is 3.24. The summed E-state index contributed by atoms with van der Waals surface area (Å²) in [6.07, 6.45) is -2.37. The summed E-state index contributed by atoms with van der Waals surface area (Å²) >= 11 is 0. The topological polar surface area (TPSA) is 69.6 Å². The highest BCUT2D eigenvalue weighted by Crippen LogP contribution is 2.48. The number of hydrogen-bond acceptors (Lipinski definition) is 2. The number of nitrogens with one attached hydrogen (secondary N) is 1. The Morgan fingerprint density at radius 2 is 1.81 bits per heavy atom. The Labute approximate surface area is 149 Å². The Balaban J connectivity index is 1.59. The molecule has 0 radical (unpaired) electrons. The van der Waals surface area contributed by atoms with Crippen LogP contribution in [0.4, 0.5) is 18.0 Å². The lowest BCUT2D eigenvalue weighted by atomic mass is 9.90. The van der Waals surface area contributed by atoms with Crippen molar-refractivity contribution in [1.29, 1.82) is 0 Å². The Bertz CT molecular complexity index is 713. The normalized spacial score (nSPS) is 24.4. The number of nitrogens with zero attached hydrogens (tertiary/aromatic N) is 1. The van der Waals surface area contributed by atoms with Crippen LogP contribution in [0.2, 0.25) is 0 Å². The molecule has 0 spiro atoms. The molecule has 2 N–H and O–H groups in total. The van der Waals surface area contributed by atoms with E-state index >= 15 is 0 Å². The SMILES string of the molecule is CC1(C(=O)O)CCN(C(=O)NCC2(c3ccc(C(F)(F)F)cc3)CC2)C1. The van der Waals surface area contributed by atoms with Crippen LogP contribution in [0, 0.1) is 5.41 Å². The second-order valence-corrected chi connectivity index (χ2v) is 7.55. The third-order valence-corrected chi connectivity index (χ3v) is 5.53. The van der Waals surface area contributed by atoms with Crippen molar-refractivity contribution in [2.45, 2.75) is 37.8 Å². The molecule has 1 aliphatic carbocycles. The van der Waals surface area contributed by atoms with Crippen LogP contribution < -0.4 is 5.32 Å². The van der Waals surface area contributed by atoms with Gasteiger partial charge in [0.2, 0.25) is 0 Å². The minimum Gasteiger partial charge on any atom is -0.481 e. The van der Waals surface area contributed by atoms with E-state index in [0.717, 1.165) is 30.5 Å². The summed E-state index contributed by atoms with van der Waals surface area (Å²) in [6, 6.07) is 4.75. The van der Waals surface area contributed by atoms with E-state index in [2.05, 4.69) is 5.32 Å². The van der Waals surface area contributed by atoms with Gasteiger partial charge in [-0.15, -0.1) is 0 Å². The van der Waals surface area contributed by atoms with Gasteiger partial charge in [0.05, 0.1) is 11.0 Å². The monoisotopic (exact) mass is 370 g/mol. The highest BCUT2D eigenvalue weighted by molar-refractivity contribution is 5.79. The lowest BCUT2D eigenvalue weighted by Gasteiger charge is -2.23. The van der Waals surface area contributed by atoms with Crippen molar-refractivity contribution < 1.29 is 27.9 Å². The molecule has 1 saturated heterocycles. The number of urea groups is 1. The quantitative estimate of drug-likeness (QED) is 0.855. The average molecular weight is 370 g/mol. The zero-order valence-corrected chi connectivity index (χ0v) is 14.4. The van der Waals surface area contributed by atoms with E-state index in [4.69, 9.17) is 0 Å². The van der Waals surface area contributed by atoms with Crippen LogP contribution >= 0.6 is 0 Å². The van der Waals surface area contributed by atoms with Gasteiger partial charge in [-0.05, 0) is 43.9 Å². The molecule has 26 heavy (non-hydrogen) atoms. The number of benzene rings is 1. The fourth-order valence-corrected chi connectivity index (χ4v) is 3.40. The Hall–Kier alpha value is -2.25. The standard InChI is InChI=1S/C18H21F3N2O3/c1-16(14(24)25)8-9-23(11-16)15(26)22-10-17(6-7-17)12-2-4-13(5-3-12)18(19,20)21/h2-5H,6-11H2,1H3,(H,22,26)(H,24,25). The first-order valence-electron chi connectivity index (χ1n) is 8.50. The van der Waals surface area contributed by atoms with Gasteiger partial charge in [0.15, 0.2) is 0 Å². The molecule has 1 atom stereocenters. The summed E-state index contributed by atoms with van der Waals surface area (Å²) in [6.45, 7) is 2.48. The summed E-state index contributed by atoms with van der Waals surface area (Å²) in [5.41, 5.74) is -1.16. The van der Waals surface area contributed by atoms with Gasteiger partial charge in [-0.25, -0.2) is 4.79 Å². The third kappa shape index (κ3) is 3.50. The number of likely N-dealkylation sites (tertiary alicyclic amines) is 1. The average Bonchev–Trinajstić information content (AvgIpc) is 3.26. The maximum Gasteiger partial charge on any atom is 0.416 e. The number of amides is 2. The van der Waals surface area contributed by atoms with Gasteiger partial charge < -0.3 is 15.3 Å². The van der Waals surface area contributed by atoms with Crippen molar-refractivity contribution in [3.63, 3.8) is 0 Å². The van der Waals surface area contributed by atoms with Gasteiger partial charge in [0, 0.05) is 25.0 Å². The Morgan fingerprint density at radius 1 is 1.19 bits per heavy atom. The summed E-state index contributed by atoms with van der Waals surface area (Å²) in [7, 11) is 0. The number of aliphatic carboxylic acids is 1. The van der Waals surface area contributed by atoms with Crippen molar-refractivity contribution in [1.82, 2.24) is 10.2 Å². The van der Waals surface area contributed by atoms with E-state index in [0.29, 0.717) is 19.5 Å². The molecule has 2 fully saturated rings. The van der Waals surface area contributed by atoms with Crippen molar-refractivity contribution in [3.8, 4) is 0 Å². The molecule has 2 amide bonds. The fourth-order valence-electron chi connectivity index (χ4n) is 3.40. The van der Waals surface area contributed by atoms with Crippen LogP contribution in [0.25, 0.3) is 0 Å². The highest BCUT2D eigenvalue weighted by atomic mass is 19.4. The van der Waals surface area contributed by atoms with Crippen molar-refractivity contribution >= 4 is 12.0 Å². The third-order valence-electron chi connectivity index (χ3n) is 5.53. The number of rotatable bonds is 4. The van der Waals surface area contributed by atoms with E-state index in [9.17, 15) is 27.9 Å². The molecule has 1 unspecified atom stereocenters. The van der Waals surface area contributed by atoms with Gasteiger partial charge in [-0.1, -0.05) is 12.1 Å². The number of carbonyl (C=O) groups is 2. The summed E-state index contributed by atoms with van der Waals surface area (Å²) < 4.78 is 38.0. The molecular weight excluding hydrogens is 349 g/mol. The molecule has 1 aromatic carbocycles. The number of carboxylic acids is 1. The fraction of sp³-hybridized carbons (Fsp3) is 0.556. The van der Waals surface area contributed by atoms with E-state index in [-0.39, 0.29) is 18.0 Å². The van der Waals surface area contributed by atoms with Crippen LogP contribution in [-0.2, 0) is 16.4 Å². The minimum absolute atomic E-state index is 0.154. The van der Waals surface area contributed by atoms with E-state index in [1.807, 2.05) is 0 Å². The van der Waals surface area contributed by atoms with Gasteiger partial charge >= 0.3 is 18.2 Å². The molecule has 2 aliphatic rings. The molecule has 3 rings (SSSR count). The van der Waals surface area contributed by atoms with Crippen molar-refractivity contribution in [2.24, 2.45) is 5.41 Å². The number of halogens is 3. The first-order chi connectivity index (χ1) is 12.1. The van der Waals surface area contributed by atoms with E-state index in [1.54, 1.807) is 6.92 Å². The minimum atomic E-state index is -4.37. The number of carboxylic acid groups (broad SMARTS) is 1. The first-order valence-corrected chi connectivity index (χ1v) is 8.50. The van der Waals surface area contributed by atoms with E-state index < -0.39 is 23.1 Å². The van der Waals surface area contributed by atoms with Crippen molar-refractivity contribution in [2.75, 3.05) is 19.6 Å². The molecule has 1 aromatic rings. The second kappa shape index (κ2) is 6.17. The zero-order chi connectivity index (χ0) is 19.2. The van der Waals surface area contributed by atoms with Gasteiger partial charge in [-0.2, -0.15) is 13.2 Å². The lowest BCUT2D eigenvalue weighted by Crippen LogP contribution is -2.43. The zero-order valence-electron chi connectivity index (χ0n) is 14.4. The largest absolute Gasteiger partial charge is 0.481 e. The number of hydrogen-bond donors (Lipinski definition) is 2. The molecular formula is C18H21F3N2O3. The smallest absolute Gasteiger partial charge is 0.416 e. The van der Waals surface area contributed by atoms with Gasteiger partial charge in [0.25, 0.3) is 0 Å². The lowest BCUT2D eigenvalue weighted by molar-refractivity contribution is -0.147. The molecule has 0 bridgehead atoms. The van der Waals surface area contributed by atoms with Crippen LogP contribution in [0.1, 0.15) is 37.3 Å². The van der Waals surface area contributed by atoms with Gasteiger partial charge in [0.1, 0.15) is 0 Å². The van der Waals surface area contributed by atoms with Crippen LogP contribution in [-0.4, -0.2) is 41.6 Å². The molecule has 1 heterocycles. The second-order valence-electron chi connectivity index (χ2n) is 7.55. The molecule has 1 aliphatic heterocycles. The first kappa shape index (κ1) is 18.5. The highest BCUT2D eigenvalue weighted by Gasteiger charge is 2.46. The number of carbonyl (C=O) groups excluding carboxylic acids is 1. The summed E-state index contributed by atoms with van der Waals surface area (Å²) in [5.74, 6) is -0.920. The molecule has 142 valence electrons. The summed E-state index contributed by atoms with van der Waals surface area (Å²) in [5, 5.41) is 12.1. The Kier molecular flexibility index (Phi) is 4.40. The number of alkyl halides is 3. The Morgan fingerprint density at radius 3 is 2.27 bits per heavy atom. The molecule has 5 nitrogen and oxygen atoms in total. The summed E-state index contributed by atoms with van der Waals surface area (Å²) in [4.78, 5) is 25.1. The van der Waals surface area contributed by atoms with Crippen LogP contribution in [0.3, 0.4) is 0 Å². The van der Waals surface area contributed by atoms with Gasteiger partial charge in [-0.3, -0.25) is 4.79 Å². The van der Waals surface area contributed by atoms with Crippen LogP contribution in [0.5, 0.6) is 0 Å². The predicted molar refractivity (Wildman–Crippen MR) is 87.7 cm³/mol. The van der Waals surface area contributed by atoms with Crippen LogP contribution in [0.15, 0.2) is 24.3 Å². The molecule has 1 saturated carbocycles. The molecule has 8 heteroatoms. The maximum atomic E-state index is 12.7. The maximum absolute atomic E-state index is 12.7. The van der Waals surface area contributed by atoms with Crippen molar-refractivity contribution in [3.05, 3.63) is 35.4 Å². The molecule has 0 aromatic heterocycles. The van der Waals surface area contributed by atoms with E-state index in [1.165, 1.54) is 17.0 Å².